The number of carbonyl (C=O) groups excluding carboxylic acids is 1. The van der Waals surface area contributed by atoms with Crippen molar-refractivity contribution < 1.29 is 4.79 Å². The quantitative estimate of drug-likeness (QED) is 0.873. The Morgan fingerprint density at radius 2 is 2.05 bits per heavy atom. The summed E-state index contributed by atoms with van der Waals surface area (Å²) >= 11 is 1.67. The first-order chi connectivity index (χ1) is 9.08. The van der Waals surface area contributed by atoms with Gasteiger partial charge in [0.1, 0.15) is 0 Å². The van der Waals surface area contributed by atoms with Crippen molar-refractivity contribution in [2.75, 3.05) is 5.73 Å². The van der Waals surface area contributed by atoms with Crippen LogP contribution >= 0.6 is 23.7 Å². The lowest BCUT2D eigenvalue weighted by molar-refractivity contribution is 0.0692. The molecule has 0 atom stereocenters. The predicted molar refractivity (Wildman–Crippen MR) is 87.4 cm³/mol. The first kappa shape index (κ1) is 16.5. The number of nitrogens with zero attached hydrogens (tertiary/aromatic N) is 1. The van der Waals surface area contributed by atoms with Crippen molar-refractivity contribution in [3.8, 4) is 0 Å². The molecule has 0 saturated carbocycles. The van der Waals surface area contributed by atoms with E-state index in [1.165, 1.54) is 4.88 Å². The Balaban J connectivity index is 0.00000200. The summed E-state index contributed by atoms with van der Waals surface area (Å²) in [6.07, 6.45) is 0. The van der Waals surface area contributed by atoms with Crippen LogP contribution in [0.4, 0.5) is 5.69 Å². The summed E-state index contributed by atoms with van der Waals surface area (Å²) in [5, 5.41) is 2.03. The minimum absolute atomic E-state index is 0. The maximum atomic E-state index is 12.5. The van der Waals surface area contributed by atoms with Gasteiger partial charge in [-0.3, -0.25) is 4.79 Å². The standard InChI is InChI=1S/C15H18N2OS.ClH/c1-11(2)17(10-14-7-4-8-19-14)15(18)12-5-3-6-13(16)9-12;/h3-9,11H,10,16H2,1-2H3;1H. The third-order valence-corrected chi connectivity index (χ3v) is 3.79. The Morgan fingerprint density at radius 3 is 2.60 bits per heavy atom. The molecule has 1 heterocycles. The van der Waals surface area contributed by atoms with Gasteiger partial charge in [0, 0.05) is 22.2 Å². The van der Waals surface area contributed by atoms with Gasteiger partial charge in [0.2, 0.25) is 0 Å². The molecule has 3 nitrogen and oxygen atoms in total. The summed E-state index contributed by atoms with van der Waals surface area (Å²) in [6.45, 7) is 4.69. The molecule has 1 aromatic heterocycles. The molecule has 0 aliphatic rings. The van der Waals surface area contributed by atoms with E-state index in [0.29, 0.717) is 17.8 Å². The molecular formula is C15H19ClN2OS. The SMILES string of the molecule is CC(C)N(Cc1cccs1)C(=O)c1cccc(N)c1.Cl. The van der Waals surface area contributed by atoms with Gasteiger partial charge < -0.3 is 10.6 Å². The van der Waals surface area contributed by atoms with Gasteiger partial charge in [0.05, 0.1) is 6.54 Å². The van der Waals surface area contributed by atoms with Gasteiger partial charge in [-0.1, -0.05) is 12.1 Å². The Hall–Kier alpha value is -1.52. The monoisotopic (exact) mass is 310 g/mol. The van der Waals surface area contributed by atoms with Gasteiger partial charge in [-0.05, 0) is 43.5 Å². The van der Waals surface area contributed by atoms with Gasteiger partial charge in [0.25, 0.3) is 5.91 Å². The van der Waals surface area contributed by atoms with Crippen LogP contribution in [0.5, 0.6) is 0 Å². The molecule has 0 fully saturated rings. The minimum Gasteiger partial charge on any atom is -0.399 e. The topological polar surface area (TPSA) is 46.3 Å². The van der Waals surface area contributed by atoms with Gasteiger partial charge in [-0.25, -0.2) is 0 Å². The number of amides is 1. The fourth-order valence-electron chi connectivity index (χ4n) is 1.90. The molecule has 0 unspecified atom stereocenters. The van der Waals surface area contributed by atoms with Crippen LogP contribution in [0, 0.1) is 0 Å². The molecule has 5 heteroatoms. The second-order valence-electron chi connectivity index (χ2n) is 4.73. The zero-order valence-corrected chi connectivity index (χ0v) is 13.2. The lowest BCUT2D eigenvalue weighted by atomic mass is 10.1. The van der Waals surface area contributed by atoms with E-state index in [0.717, 1.165) is 0 Å². The van der Waals surface area contributed by atoms with Gasteiger partial charge in [-0.15, -0.1) is 23.7 Å². The highest BCUT2D eigenvalue weighted by molar-refractivity contribution is 7.09. The molecule has 2 N–H and O–H groups in total. The third-order valence-electron chi connectivity index (χ3n) is 2.92. The highest BCUT2D eigenvalue weighted by Crippen LogP contribution is 2.17. The third kappa shape index (κ3) is 3.99. The van der Waals surface area contributed by atoms with E-state index in [1.54, 1.807) is 23.5 Å². The molecule has 20 heavy (non-hydrogen) atoms. The lowest BCUT2D eigenvalue weighted by Gasteiger charge is -2.26. The smallest absolute Gasteiger partial charge is 0.254 e. The van der Waals surface area contributed by atoms with Crippen LogP contribution in [0.3, 0.4) is 0 Å². The summed E-state index contributed by atoms with van der Waals surface area (Å²) in [5.41, 5.74) is 7.00. The number of hydrogen-bond acceptors (Lipinski definition) is 3. The van der Waals surface area contributed by atoms with E-state index < -0.39 is 0 Å². The van der Waals surface area contributed by atoms with E-state index in [4.69, 9.17) is 5.73 Å². The number of rotatable bonds is 4. The molecule has 1 amide bonds. The van der Waals surface area contributed by atoms with E-state index in [1.807, 2.05) is 48.4 Å². The number of carbonyl (C=O) groups is 1. The van der Waals surface area contributed by atoms with Crippen molar-refractivity contribution in [3.05, 3.63) is 52.2 Å². The van der Waals surface area contributed by atoms with Crippen molar-refractivity contribution >= 4 is 35.3 Å². The van der Waals surface area contributed by atoms with Crippen LogP contribution in [0.15, 0.2) is 41.8 Å². The maximum absolute atomic E-state index is 12.5. The number of nitrogen functional groups attached to an aromatic ring is 1. The molecule has 1 aromatic carbocycles. The van der Waals surface area contributed by atoms with E-state index in [-0.39, 0.29) is 24.4 Å². The molecule has 2 rings (SSSR count). The molecule has 0 aliphatic carbocycles. The number of nitrogens with two attached hydrogens (primary N) is 1. The Bertz CT molecular complexity index is 555. The van der Waals surface area contributed by atoms with Gasteiger partial charge in [-0.2, -0.15) is 0 Å². The van der Waals surface area contributed by atoms with Crippen LogP contribution in [0.25, 0.3) is 0 Å². The summed E-state index contributed by atoms with van der Waals surface area (Å²) in [5.74, 6) is 0.0238. The van der Waals surface area contributed by atoms with Gasteiger partial charge >= 0.3 is 0 Å². The van der Waals surface area contributed by atoms with Crippen molar-refractivity contribution in [3.63, 3.8) is 0 Å². The van der Waals surface area contributed by atoms with Crippen LogP contribution in [-0.4, -0.2) is 16.8 Å². The largest absolute Gasteiger partial charge is 0.399 e. The van der Waals surface area contributed by atoms with Crippen LogP contribution in [-0.2, 0) is 6.54 Å². The molecule has 2 aromatic rings. The highest BCUT2D eigenvalue weighted by atomic mass is 35.5. The molecule has 0 saturated heterocycles. The lowest BCUT2D eigenvalue weighted by Crippen LogP contribution is -2.36. The van der Waals surface area contributed by atoms with Crippen molar-refractivity contribution in [2.45, 2.75) is 26.4 Å². The van der Waals surface area contributed by atoms with Crippen molar-refractivity contribution in [1.82, 2.24) is 4.90 Å². The molecule has 108 valence electrons. The number of hydrogen-bond donors (Lipinski definition) is 1. The average Bonchev–Trinajstić information content (AvgIpc) is 2.87. The van der Waals surface area contributed by atoms with E-state index in [9.17, 15) is 4.79 Å². The zero-order chi connectivity index (χ0) is 13.8. The summed E-state index contributed by atoms with van der Waals surface area (Å²) in [7, 11) is 0. The molecule has 0 aliphatic heterocycles. The normalized spacial score (nSPS) is 10.2. The molecule has 0 spiro atoms. The average molecular weight is 311 g/mol. The Kier molecular flexibility index (Phi) is 6.05. The van der Waals surface area contributed by atoms with Crippen LogP contribution < -0.4 is 5.73 Å². The first-order valence-corrected chi connectivity index (χ1v) is 7.15. The number of benzene rings is 1. The predicted octanol–water partition coefficient (Wildman–Crippen LogP) is 3.80. The van der Waals surface area contributed by atoms with Crippen LogP contribution in [0.2, 0.25) is 0 Å². The highest BCUT2D eigenvalue weighted by Gasteiger charge is 2.19. The molecule has 0 bridgehead atoms. The fraction of sp³-hybridized carbons (Fsp3) is 0.267. The van der Waals surface area contributed by atoms with Crippen molar-refractivity contribution in [1.29, 1.82) is 0 Å². The first-order valence-electron chi connectivity index (χ1n) is 6.27. The number of halogens is 1. The molecular weight excluding hydrogens is 292 g/mol. The minimum atomic E-state index is 0. The Labute approximate surface area is 129 Å². The zero-order valence-electron chi connectivity index (χ0n) is 11.6. The number of thiophene rings is 1. The van der Waals surface area contributed by atoms with Crippen LogP contribution in [0.1, 0.15) is 29.1 Å². The molecule has 0 radical (unpaired) electrons. The van der Waals surface area contributed by atoms with E-state index >= 15 is 0 Å². The number of anilines is 1. The van der Waals surface area contributed by atoms with Crippen molar-refractivity contribution in [2.24, 2.45) is 0 Å². The second-order valence-corrected chi connectivity index (χ2v) is 5.76. The summed E-state index contributed by atoms with van der Waals surface area (Å²) < 4.78 is 0. The Morgan fingerprint density at radius 1 is 1.30 bits per heavy atom. The van der Waals surface area contributed by atoms with E-state index in [2.05, 4.69) is 0 Å². The maximum Gasteiger partial charge on any atom is 0.254 e. The second kappa shape index (κ2) is 7.31. The summed E-state index contributed by atoms with van der Waals surface area (Å²) in [4.78, 5) is 15.6. The van der Waals surface area contributed by atoms with Gasteiger partial charge in [0.15, 0.2) is 0 Å². The summed E-state index contributed by atoms with van der Waals surface area (Å²) in [6, 6.07) is 11.3. The fourth-order valence-corrected chi connectivity index (χ4v) is 2.60.